The zero-order chi connectivity index (χ0) is 22.2. The second kappa shape index (κ2) is 10.8. The molecule has 29 heavy (non-hydrogen) atoms. The van der Waals surface area contributed by atoms with Crippen molar-refractivity contribution in [1.29, 1.82) is 0 Å². The topological polar surface area (TPSA) is 107 Å². The van der Waals surface area contributed by atoms with Crippen LogP contribution < -0.4 is 5.32 Å². The Morgan fingerprint density at radius 1 is 1.17 bits per heavy atom. The molecule has 0 bridgehead atoms. The first kappa shape index (κ1) is 24.4. The molecule has 1 heterocycles. The average Bonchev–Trinajstić information content (AvgIpc) is 3.07. The van der Waals surface area contributed by atoms with Crippen molar-refractivity contribution >= 4 is 17.8 Å². The summed E-state index contributed by atoms with van der Waals surface area (Å²) >= 11 is 0. The lowest BCUT2D eigenvalue weighted by Gasteiger charge is -2.26. The summed E-state index contributed by atoms with van der Waals surface area (Å²) in [5, 5.41) is 19.0. The maximum atomic E-state index is 12.4. The molecule has 1 aromatic rings. The van der Waals surface area contributed by atoms with Crippen molar-refractivity contribution in [2.24, 2.45) is 5.92 Å². The minimum absolute atomic E-state index is 0.134. The Kier molecular flexibility index (Phi) is 9.09. The highest BCUT2D eigenvalue weighted by atomic mass is 19.4. The van der Waals surface area contributed by atoms with E-state index in [-0.39, 0.29) is 17.9 Å². The largest absolute Gasteiger partial charge is 0.490 e. The van der Waals surface area contributed by atoms with E-state index in [0.717, 1.165) is 25.9 Å². The average molecular weight is 418 g/mol. The summed E-state index contributed by atoms with van der Waals surface area (Å²) in [5.74, 6) is -4.04. The molecule has 0 unspecified atom stereocenters. The quantitative estimate of drug-likeness (QED) is 0.655. The number of hydrogen-bond donors (Lipinski definition) is 3. The van der Waals surface area contributed by atoms with Crippen LogP contribution in [0.15, 0.2) is 30.3 Å². The summed E-state index contributed by atoms with van der Waals surface area (Å²) in [5.41, 5.74) is 1.17. The lowest BCUT2D eigenvalue weighted by molar-refractivity contribution is -0.192. The minimum atomic E-state index is -5.08. The maximum Gasteiger partial charge on any atom is 0.490 e. The van der Waals surface area contributed by atoms with Crippen LogP contribution in [0, 0.1) is 5.92 Å². The highest BCUT2D eigenvalue weighted by Gasteiger charge is 2.38. The number of halogens is 3. The lowest BCUT2D eigenvalue weighted by Crippen LogP contribution is -2.51. The molecular formula is C19H25F3N2O5. The number of carboxylic acids is 2. The van der Waals surface area contributed by atoms with Gasteiger partial charge in [0.2, 0.25) is 5.91 Å². The Hall–Kier alpha value is -2.62. The lowest BCUT2D eigenvalue weighted by atomic mass is 10.0. The standard InChI is InChI=1S/C17H24N2O3.C2HF3O2/c1-12(2)15(17(21)22)18-16(20)14-9-6-10-19(14)11-13-7-4-3-5-8-13;3-2(4,5)1(6)7/h3-5,7-8,12,14-15H,6,9-11H2,1-2H3,(H,18,20)(H,21,22);(H,6,7)/t14-,15-;/m0./s1. The highest BCUT2D eigenvalue weighted by Crippen LogP contribution is 2.20. The van der Waals surface area contributed by atoms with Gasteiger partial charge in [-0.25, -0.2) is 9.59 Å². The Balaban J connectivity index is 0.000000516. The normalized spacial score (nSPS) is 17.9. The first-order valence-electron chi connectivity index (χ1n) is 9.04. The van der Waals surface area contributed by atoms with Crippen LogP contribution in [-0.2, 0) is 20.9 Å². The zero-order valence-electron chi connectivity index (χ0n) is 16.1. The predicted octanol–water partition coefficient (Wildman–Crippen LogP) is 2.51. The van der Waals surface area contributed by atoms with Gasteiger partial charge in [0.25, 0.3) is 0 Å². The van der Waals surface area contributed by atoms with Crippen molar-refractivity contribution < 1.29 is 37.8 Å². The number of nitrogens with zero attached hydrogens (tertiary/aromatic N) is 1. The molecule has 7 nitrogen and oxygen atoms in total. The smallest absolute Gasteiger partial charge is 0.480 e. The molecule has 1 saturated heterocycles. The van der Waals surface area contributed by atoms with Crippen LogP contribution in [0.25, 0.3) is 0 Å². The molecule has 1 aliphatic heterocycles. The highest BCUT2D eigenvalue weighted by molar-refractivity contribution is 5.87. The second-order valence-corrected chi connectivity index (χ2v) is 6.99. The molecule has 0 aliphatic carbocycles. The molecule has 1 aromatic carbocycles. The molecule has 2 atom stereocenters. The van der Waals surface area contributed by atoms with E-state index >= 15 is 0 Å². The number of rotatable bonds is 6. The van der Waals surface area contributed by atoms with Crippen molar-refractivity contribution in [3.05, 3.63) is 35.9 Å². The fourth-order valence-electron chi connectivity index (χ4n) is 2.89. The van der Waals surface area contributed by atoms with Crippen LogP contribution in [-0.4, -0.2) is 57.8 Å². The number of likely N-dealkylation sites (tertiary alicyclic amines) is 1. The van der Waals surface area contributed by atoms with Crippen LogP contribution in [0.3, 0.4) is 0 Å². The summed E-state index contributed by atoms with van der Waals surface area (Å²) in [6, 6.07) is 8.97. The first-order chi connectivity index (χ1) is 13.4. The van der Waals surface area contributed by atoms with Gasteiger partial charge in [0.05, 0.1) is 6.04 Å². The number of alkyl halides is 3. The van der Waals surface area contributed by atoms with Crippen LogP contribution in [0.5, 0.6) is 0 Å². The third-order valence-corrected chi connectivity index (χ3v) is 4.37. The molecule has 1 aliphatic rings. The summed E-state index contributed by atoms with van der Waals surface area (Å²) < 4.78 is 31.7. The van der Waals surface area contributed by atoms with Gasteiger partial charge < -0.3 is 15.5 Å². The fraction of sp³-hybridized carbons (Fsp3) is 0.526. The fourth-order valence-corrected chi connectivity index (χ4v) is 2.89. The molecule has 0 saturated carbocycles. The number of carbonyl (C=O) groups excluding carboxylic acids is 1. The number of carboxylic acid groups (broad SMARTS) is 2. The third-order valence-electron chi connectivity index (χ3n) is 4.37. The Bertz CT molecular complexity index is 695. The van der Waals surface area contributed by atoms with Gasteiger partial charge in [0, 0.05) is 6.54 Å². The van der Waals surface area contributed by atoms with E-state index in [1.807, 2.05) is 30.3 Å². The van der Waals surface area contributed by atoms with E-state index < -0.39 is 24.2 Å². The number of aliphatic carboxylic acids is 2. The van der Waals surface area contributed by atoms with Crippen LogP contribution >= 0.6 is 0 Å². The maximum absolute atomic E-state index is 12.4. The van der Waals surface area contributed by atoms with Crippen LogP contribution in [0.4, 0.5) is 13.2 Å². The summed E-state index contributed by atoms with van der Waals surface area (Å²) in [6.07, 6.45) is -3.34. The van der Waals surface area contributed by atoms with Crippen molar-refractivity contribution in [2.75, 3.05) is 6.54 Å². The SMILES string of the molecule is CC(C)[C@H](NC(=O)[C@@H]1CCCN1Cc1ccccc1)C(=O)O.O=C(O)C(F)(F)F. The van der Waals surface area contributed by atoms with Crippen LogP contribution in [0.2, 0.25) is 0 Å². The molecule has 1 fully saturated rings. The number of amides is 1. The van der Waals surface area contributed by atoms with E-state index in [4.69, 9.17) is 9.90 Å². The molecule has 162 valence electrons. The van der Waals surface area contributed by atoms with E-state index in [1.165, 1.54) is 5.56 Å². The van der Waals surface area contributed by atoms with Gasteiger partial charge in [-0.3, -0.25) is 9.69 Å². The van der Waals surface area contributed by atoms with E-state index in [2.05, 4.69) is 10.2 Å². The molecule has 0 aromatic heterocycles. The number of carbonyl (C=O) groups is 3. The van der Waals surface area contributed by atoms with Crippen molar-refractivity contribution in [1.82, 2.24) is 10.2 Å². The second-order valence-electron chi connectivity index (χ2n) is 6.99. The predicted molar refractivity (Wildman–Crippen MR) is 98.0 cm³/mol. The van der Waals surface area contributed by atoms with Crippen molar-refractivity contribution in [3.63, 3.8) is 0 Å². The van der Waals surface area contributed by atoms with Crippen molar-refractivity contribution in [3.8, 4) is 0 Å². The number of benzene rings is 1. The molecular weight excluding hydrogens is 393 g/mol. The molecule has 2 rings (SSSR count). The Labute approximate surface area is 166 Å². The first-order valence-corrected chi connectivity index (χ1v) is 9.04. The third kappa shape index (κ3) is 8.10. The molecule has 0 radical (unpaired) electrons. The van der Waals surface area contributed by atoms with Gasteiger partial charge in [-0.05, 0) is 30.9 Å². The van der Waals surface area contributed by atoms with Gasteiger partial charge in [-0.15, -0.1) is 0 Å². The summed E-state index contributed by atoms with van der Waals surface area (Å²) in [4.78, 5) is 34.7. The van der Waals surface area contributed by atoms with Crippen molar-refractivity contribution in [2.45, 2.75) is 51.5 Å². The van der Waals surface area contributed by atoms with E-state index in [9.17, 15) is 27.9 Å². The molecule has 10 heteroatoms. The minimum Gasteiger partial charge on any atom is -0.480 e. The number of nitrogens with one attached hydrogen (secondary N) is 1. The van der Waals surface area contributed by atoms with Gasteiger partial charge in [-0.2, -0.15) is 13.2 Å². The monoisotopic (exact) mass is 418 g/mol. The molecule has 0 spiro atoms. The van der Waals surface area contributed by atoms with Gasteiger partial charge in [-0.1, -0.05) is 44.2 Å². The Morgan fingerprint density at radius 3 is 2.17 bits per heavy atom. The van der Waals surface area contributed by atoms with Crippen LogP contribution in [0.1, 0.15) is 32.3 Å². The van der Waals surface area contributed by atoms with E-state index in [0.29, 0.717) is 0 Å². The van der Waals surface area contributed by atoms with Gasteiger partial charge in [0.1, 0.15) is 6.04 Å². The zero-order valence-corrected chi connectivity index (χ0v) is 16.1. The molecule has 1 amide bonds. The summed E-state index contributed by atoms with van der Waals surface area (Å²) in [7, 11) is 0. The van der Waals surface area contributed by atoms with Gasteiger partial charge in [0.15, 0.2) is 0 Å². The van der Waals surface area contributed by atoms with Gasteiger partial charge >= 0.3 is 18.1 Å². The molecule has 3 N–H and O–H groups in total. The number of hydrogen-bond acceptors (Lipinski definition) is 4. The Morgan fingerprint density at radius 2 is 1.72 bits per heavy atom. The summed E-state index contributed by atoms with van der Waals surface area (Å²) in [6.45, 7) is 5.19. The van der Waals surface area contributed by atoms with E-state index in [1.54, 1.807) is 13.8 Å².